The number of hydrogen-bond acceptors (Lipinski definition) is 6. The Balaban J connectivity index is 1.84. The quantitative estimate of drug-likeness (QED) is 0.593. The van der Waals surface area contributed by atoms with E-state index in [0.717, 1.165) is 31.4 Å². The van der Waals surface area contributed by atoms with Gasteiger partial charge in [-0.1, -0.05) is 6.07 Å². The minimum Gasteiger partial charge on any atom is -0.477 e. The Labute approximate surface area is 167 Å². The summed E-state index contributed by atoms with van der Waals surface area (Å²) in [5, 5.41) is 12.8. The van der Waals surface area contributed by atoms with Crippen molar-refractivity contribution in [2.45, 2.75) is 25.7 Å². The van der Waals surface area contributed by atoms with Gasteiger partial charge >= 0.3 is 5.97 Å². The fourth-order valence-corrected chi connectivity index (χ4v) is 3.67. The Kier molecular flexibility index (Phi) is 5.26. The highest BCUT2D eigenvalue weighted by Gasteiger charge is 2.18. The molecule has 8 nitrogen and oxygen atoms in total. The lowest BCUT2D eigenvalue weighted by Gasteiger charge is -2.14. The van der Waals surface area contributed by atoms with Gasteiger partial charge in [-0.15, -0.1) is 0 Å². The molecule has 8 heteroatoms. The zero-order valence-electron chi connectivity index (χ0n) is 16.1. The highest BCUT2D eigenvalue weighted by atomic mass is 16.5. The van der Waals surface area contributed by atoms with Crippen molar-refractivity contribution >= 4 is 23.0 Å². The van der Waals surface area contributed by atoms with E-state index in [9.17, 15) is 14.7 Å². The molecule has 2 N–H and O–H groups in total. The van der Waals surface area contributed by atoms with Gasteiger partial charge in [0.05, 0.1) is 5.39 Å². The van der Waals surface area contributed by atoms with E-state index in [1.807, 2.05) is 12.1 Å². The van der Waals surface area contributed by atoms with E-state index in [0.29, 0.717) is 24.7 Å². The third kappa shape index (κ3) is 3.71. The lowest BCUT2D eigenvalue weighted by atomic mass is 10.1. The Morgan fingerprint density at radius 1 is 1.31 bits per heavy atom. The van der Waals surface area contributed by atoms with E-state index in [1.54, 1.807) is 11.7 Å². The molecule has 2 aromatic heterocycles. The van der Waals surface area contributed by atoms with E-state index in [4.69, 9.17) is 4.74 Å². The molecule has 0 radical (unpaired) electrons. The number of rotatable bonds is 7. The number of nitrogens with zero attached hydrogens (tertiary/aromatic N) is 3. The number of carboxylic acid groups (broad SMARTS) is 1. The van der Waals surface area contributed by atoms with Crippen molar-refractivity contribution in [1.29, 1.82) is 0 Å². The third-order valence-corrected chi connectivity index (χ3v) is 5.14. The first kappa shape index (κ1) is 19.1. The second kappa shape index (κ2) is 8.00. The molecule has 0 saturated heterocycles. The Hall–Kier alpha value is -3.26. The summed E-state index contributed by atoms with van der Waals surface area (Å²) in [4.78, 5) is 33.0. The summed E-state index contributed by atoms with van der Waals surface area (Å²) in [6.45, 7) is 1.23. The fourth-order valence-electron chi connectivity index (χ4n) is 3.67. The van der Waals surface area contributed by atoms with Crippen molar-refractivity contribution in [3.63, 3.8) is 0 Å². The number of carbonyl (C=O) groups is 1. The van der Waals surface area contributed by atoms with Crippen molar-refractivity contribution < 1.29 is 14.6 Å². The molecule has 0 atom stereocenters. The number of nitrogens with one attached hydrogen (secondary N) is 1. The van der Waals surface area contributed by atoms with E-state index < -0.39 is 11.4 Å². The fraction of sp³-hybridized carbons (Fsp3) is 0.333. The van der Waals surface area contributed by atoms with Crippen LogP contribution in [0, 0.1) is 0 Å². The molecule has 150 valence electrons. The molecular formula is C21H22N4O4. The van der Waals surface area contributed by atoms with E-state index in [2.05, 4.69) is 21.4 Å². The molecule has 0 amide bonds. The van der Waals surface area contributed by atoms with Crippen LogP contribution in [0.4, 0.5) is 5.95 Å². The molecule has 1 aromatic carbocycles. The summed E-state index contributed by atoms with van der Waals surface area (Å²) < 4.78 is 6.70. The number of methoxy groups -OCH3 is 1. The van der Waals surface area contributed by atoms with E-state index in [-0.39, 0.29) is 10.9 Å². The summed E-state index contributed by atoms with van der Waals surface area (Å²) in [5.74, 6) is -0.889. The van der Waals surface area contributed by atoms with Gasteiger partial charge in [-0.2, -0.15) is 4.98 Å². The molecule has 0 unspecified atom stereocenters. The number of aromatic nitrogens is 3. The molecule has 0 bridgehead atoms. The smallest absolute Gasteiger partial charge is 0.341 e. The van der Waals surface area contributed by atoms with Gasteiger partial charge in [0, 0.05) is 38.3 Å². The maximum absolute atomic E-state index is 12.6. The molecule has 0 saturated carbocycles. The second-order valence-corrected chi connectivity index (χ2v) is 7.06. The first-order valence-corrected chi connectivity index (χ1v) is 9.59. The third-order valence-electron chi connectivity index (χ3n) is 5.14. The monoisotopic (exact) mass is 394 g/mol. The molecular weight excluding hydrogens is 372 g/mol. The Morgan fingerprint density at radius 2 is 2.14 bits per heavy atom. The number of hydrogen-bond donors (Lipinski definition) is 2. The molecule has 1 aliphatic rings. The Bertz CT molecular complexity index is 1140. The predicted molar refractivity (Wildman–Crippen MR) is 109 cm³/mol. The van der Waals surface area contributed by atoms with Gasteiger partial charge < -0.3 is 19.7 Å². The molecule has 29 heavy (non-hydrogen) atoms. The molecule has 0 spiro atoms. The number of anilines is 1. The first-order valence-electron chi connectivity index (χ1n) is 9.59. The van der Waals surface area contributed by atoms with Crippen molar-refractivity contribution in [3.8, 4) is 5.69 Å². The predicted octanol–water partition coefficient (Wildman–Crippen LogP) is 2.42. The van der Waals surface area contributed by atoms with Crippen LogP contribution in [-0.4, -0.2) is 45.9 Å². The first-order chi connectivity index (χ1) is 14.1. The van der Waals surface area contributed by atoms with Gasteiger partial charge in [-0.25, -0.2) is 9.78 Å². The minimum atomic E-state index is -1.27. The largest absolute Gasteiger partial charge is 0.477 e. The summed E-state index contributed by atoms with van der Waals surface area (Å²) in [5.41, 5.74) is 2.83. The highest BCUT2D eigenvalue weighted by molar-refractivity contribution is 5.92. The topological polar surface area (TPSA) is 106 Å². The zero-order chi connectivity index (χ0) is 20.4. The zero-order valence-corrected chi connectivity index (χ0v) is 16.1. The molecule has 4 rings (SSSR count). The molecule has 2 heterocycles. The van der Waals surface area contributed by atoms with Crippen LogP contribution in [0.2, 0.25) is 0 Å². The lowest BCUT2D eigenvalue weighted by Crippen LogP contribution is -2.20. The van der Waals surface area contributed by atoms with Crippen LogP contribution in [-0.2, 0) is 17.6 Å². The van der Waals surface area contributed by atoms with E-state index in [1.165, 1.54) is 23.5 Å². The number of ether oxygens (including phenoxy) is 1. The molecule has 1 aliphatic carbocycles. The number of aromatic carboxylic acids is 1. The minimum absolute atomic E-state index is 0.174. The normalized spacial score (nSPS) is 12.9. The number of pyridine rings is 1. The van der Waals surface area contributed by atoms with Crippen LogP contribution in [0.15, 0.2) is 35.4 Å². The van der Waals surface area contributed by atoms with Gasteiger partial charge in [-0.3, -0.25) is 4.79 Å². The van der Waals surface area contributed by atoms with Crippen molar-refractivity contribution in [2.75, 3.05) is 25.6 Å². The molecule has 0 aliphatic heterocycles. The van der Waals surface area contributed by atoms with Crippen LogP contribution in [0.5, 0.6) is 0 Å². The summed E-state index contributed by atoms with van der Waals surface area (Å²) >= 11 is 0. The van der Waals surface area contributed by atoms with Crippen LogP contribution in [0.1, 0.15) is 34.3 Å². The molecule has 0 fully saturated rings. The summed E-state index contributed by atoms with van der Waals surface area (Å²) in [6.07, 6.45) is 6.69. The number of fused-ring (bicyclic) bond motifs is 2. The number of benzene rings is 1. The maximum atomic E-state index is 12.6. The van der Waals surface area contributed by atoms with Crippen LogP contribution in [0.3, 0.4) is 0 Å². The van der Waals surface area contributed by atoms with Gasteiger partial charge in [0.25, 0.3) is 0 Å². The number of carboxylic acids is 1. The summed E-state index contributed by atoms with van der Waals surface area (Å²) in [6, 6.07) is 6.05. The SMILES string of the molecule is COCCCNc1ncc2c(=O)c(C(=O)O)cn(-c3ccc4c(c3)CCC4)c2n1. The average Bonchev–Trinajstić information content (AvgIpc) is 3.19. The van der Waals surface area contributed by atoms with Crippen LogP contribution in [0.25, 0.3) is 16.7 Å². The maximum Gasteiger partial charge on any atom is 0.341 e. The average molecular weight is 394 g/mol. The highest BCUT2D eigenvalue weighted by Crippen LogP contribution is 2.26. The molecule has 3 aromatic rings. The van der Waals surface area contributed by atoms with Crippen molar-refractivity contribution in [1.82, 2.24) is 14.5 Å². The Morgan fingerprint density at radius 3 is 2.93 bits per heavy atom. The van der Waals surface area contributed by atoms with Gasteiger partial charge in [-0.05, 0) is 48.9 Å². The van der Waals surface area contributed by atoms with Gasteiger partial charge in [0.1, 0.15) is 5.56 Å². The van der Waals surface area contributed by atoms with Crippen LogP contribution >= 0.6 is 0 Å². The standard InChI is InChI=1S/C21H22N4O4/c1-29-9-3-8-22-21-23-11-16-18(26)17(20(27)28)12-25(19(16)24-21)15-7-6-13-4-2-5-14(13)10-15/h6-7,10-12H,2-5,8-9H2,1H3,(H,27,28)(H,22,23,24). The van der Waals surface area contributed by atoms with Crippen molar-refractivity contribution in [3.05, 3.63) is 57.5 Å². The van der Waals surface area contributed by atoms with Crippen molar-refractivity contribution in [2.24, 2.45) is 0 Å². The second-order valence-electron chi connectivity index (χ2n) is 7.06. The van der Waals surface area contributed by atoms with Crippen LogP contribution < -0.4 is 10.7 Å². The van der Waals surface area contributed by atoms with E-state index >= 15 is 0 Å². The summed E-state index contributed by atoms with van der Waals surface area (Å²) in [7, 11) is 1.64. The lowest BCUT2D eigenvalue weighted by molar-refractivity contribution is 0.0695. The van der Waals surface area contributed by atoms with Gasteiger partial charge in [0.15, 0.2) is 5.65 Å². The van der Waals surface area contributed by atoms with Gasteiger partial charge in [0.2, 0.25) is 11.4 Å². The number of aryl methyl sites for hydroxylation is 2.